The van der Waals surface area contributed by atoms with Crippen molar-refractivity contribution in [1.82, 2.24) is 10.4 Å². The second-order valence-corrected chi connectivity index (χ2v) is 8.45. The first-order chi connectivity index (χ1) is 11.3. The van der Waals surface area contributed by atoms with Crippen LogP contribution in [0.15, 0.2) is 29.2 Å². The predicted molar refractivity (Wildman–Crippen MR) is 88.8 cm³/mol. The summed E-state index contributed by atoms with van der Waals surface area (Å²) in [6, 6.07) is 6.48. The average Bonchev–Trinajstić information content (AvgIpc) is 2.60. The molecule has 0 bridgehead atoms. The normalized spacial score (nSPS) is 18.4. The monoisotopic (exact) mass is 356 g/mol. The number of methoxy groups -OCH3 is 1. The maximum Gasteiger partial charge on any atom is 0.265 e. The minimum absolute atomic E-state index is 0.0332. The number of rotatable bonds is 5. The molecule has 1 aliphatic heterocycles. The first-order valence-electron chi connectivity index (χ1n) is 7.86. The maximum atomic E-state index is 13.3. The summed E-state index contributed by atoms with van der Waals surface area (Å²) in [7, 11) is -2.67. The highest BCUT2D eigenvalue weighted by Crippen LogP contribution is 2.39. The van der Waals surface area contributed by atoms with Crippen LogP contribution in [0.25, 0.3) is 0 Å². The maximum absolute atomic E-state index is 13.3. The Morgan fingerprint density at radius 3 is 2.38 bits per heavy atom. The largest absolute Gasteiger partial charge is 0.495 e. The van der Waals surface area contributed by atoms with E-state index in [2.05, 4.69) is 4.90 Å². The number of likely N-dealkylation sites (tertiary alicyclic amines) is 1. The second-order valence-electron chi connectivity index (χ2n) is 6.22. The lowest BCUT2D eigenvalue weighted by Gasteiger charge is -2.41. The lowest BCUT2D eigenvalue weighted by molar-refractivity contribution is -0.133. The average molecular weight is 356 g/mol. The van der Waals surface area contributed by atoms with E-state index in [9.17, 15) is 13.2 Å². The van der Waals surface area contributed by atoms with E-state index in [4.69, 9.17) is 9.94 Å². The Hall–Kier alpha value is -1.64. The van der Waals surface area contributed by atoms with Gasteiger partial charge in [-0.1, -0.05) is 12.1 Å². The fraction of sp³-hybridized carbons (Fsp3) is 0.562. The molecule has 1 aromatic carbocycles. The number of amides is 1. The Morgan fingerprint density at radius 1 is 1.29 bits per heavy atom. The number of hydrogen-bond donors (Lipinski definition) is 2. The van der Waals surface area contributed by atoms with Gasteiger partial charge in [0.1, 0.15) is 10.6 Å². The fourth-order valence-corrected chi connectivity index (χ4v) is 5.28. The van der Waals surface area contributed by atoms with Crippen LogP contribution in [0.1, 0.15) is 26.7 Å². The topological polar surface area (TPSA) is 95.9 Å². The molecule has 0 saturated carbocycles. The Kier molecular flexibility index (Phi) is 5.52. The SMILES string of the molecule is COc1ccccc1S(=O)(=O)C1(C(=O)NO)CCN(C(C)C)CC1. The van der Waals surface area contributed by atoms with Gasteiger partial charge in [0.15, 0.2) is 14.6 Å². The third-order valence-corrected chi connectivity index (χ3v) is 7.26. The van der Waals surface area contributed by atoms with Crippen molar-refractivity contribution < 1.29 is 23.2 Å². The smallest absolute Gasteiger partial charge is 0.265 e. The van der Waals surface area contributed by atoms with Crippen LogP contribution >= 0.6 is 0 Å². The Labute approximate surface area is 142 Å². The van der Waals surface area contributed by atoms with Crippen molar-refractivity contribution in [2.45, 2.75) is 42.4 Å². The summed E-state index contributed by atoms with van der Waals surface area (Å²) < 4.78 is 30.0. The minimum Gasteiger partial charge on any atom is -0.495 e. The molecule has 134 valence electrons. The van der Waals surface area contributed by atoms with Crippen LogP contribution in [0, 0.1) is 0 Å². The van der Waals surface area contributed by atoms with Crippen LogP contribution in [0.2, 0.25) is 0 Å². The highest BCUT2D eigenvalue weighted by atomic mass is 32.2. The number of nitrogens with zero attached hydrogens (tertiary/aromatic N) is 1. The molecule has 0 radical (unpaired) electrons. The van der Waals surface area contributed by atoms with Gasteiger partial charge in [0, 0.05) is 19.1 Å². The third kappa shape index (κ3) is 3.01. The van der Waals surface area contributed by atoms with E-state index in [-0.39, 0.29) is 29.5 Å². The standard InChI is InChI=1S/C16H24N2O5S/c1-12(2)18-10-8-16(9-11-18,15(19)17-20)24(21,22)14-7-5-4-6-13(14)23-3/h4-7,12,20H,8-11H2,1-3H3,(H,17,19). The van der Waals surface area contributed by atoms with Crippen LogP contribution in [-0.4, -0.2) is 55.4 Å². The molecular weight excluding hydrogens is 332 g/mol. The minimum atomic E-state index is -4.05. The highest BCUT2D eigenvalue weighted by Gasteiger charge is 2.53. The highest BCUT2D eigenvalue weighted by molar-refractivity contribution is 7.93. The van der Waals surface area contributed by atoms with E-state index in [1.165, 1.54) is 13.2 Å². The number of nitrogens with one attached hydrogen (secondary N) is 1. The molecule has 2 N–H and O–H groups in total. The molecule has 0 atom stereocenters. The van der Waals surface area contributed by atoms with E-state index in [1.807, 2.05) is 13.8 Å². The zero-order chi connectivity index (χ0) is 18.0. The Morgan fingerprint density at radius 2 is 1.88 bits per heavy atom. The van der Waals surface area contributed by atoms with Gasteiger partial charge in [-0.05, 0) is 38.8 Å². The second kappa shape index (κ2) is 7.08. The number of carbonyl (C=O) groups is 1. The van der Waals surface area contributed by atoms with Gasteiger partial charge in [-0.25, -0.2) is 13.9 Å². The van der Waals surface area contributed by atoms with Gasteiger partial charge in [0.25, 0.3) is 5.91 Å². The molecule has 0 aromatic heterocycles. The van der Waals surface area contributed by atoms with Crippen LogP contribution in [0.4, 0.5) is 0 Å². The lowest BCUT2D eigenvalue weighted by atomic mass is 9.94. The zero-order valence-electron chi connectivity index (χ0n) is 14.2. The number of sulfone groups is 1. The van der Waals surface area contributed by atoms with Gasteiger partial charge >= 0.3 is 0 Å². The summed E-state index contributed by atoms with van der Waals surface area (Å²) in [6.07, 6.45) is 0.218. The number of hydrogen-bond acceptors (Lipinski definition) is 6. The number of para-hydroxylation sites is 1. The van der Waals surface area contributed by atoms with Crippen molar-refractivity contribution in [3.05, 3.63) is 24.3 Å². The van der Waals surface area contributed by atoms with Crippen molar-refractivity contribution in [3.8, 4) is 5.75 Å². The third-order valence-electron chi connectivity index (χ3n) is 4.72. The van der Waals surface area contributed by atoms with Crippen LogP contribution < -0.4 is 10.2 Å². The molecule has 8 heteroatoms. The van der Waals surface area contributed by atoms with Gasteiger partial charge in [-0.2, -0.15) is 0 Å². The quantitative estimate of drug-likeness (QED) is 0.608. The van der Waals surface area contributed by atoms with Crippen LogP contribution in [-0.2, 0) is 14.6 Å². The van der Waals surface area contributed by atoms with Crippen molar-refractivity contribution in [3.63, 3.8) is 0 Å². The number of ether oxygens (including phenoxy) is 1. The van der Waals surface area contributed by atoms with Crippen molar-refractivity contribution >= 4 is 15.7 Å². The number of carbonyl (C=O) groups excluding carboxylic acids is 1. The molecule has 0 aliphatic carbocycles. The zero-order valence-corrected chi connectivity index (χ0v) is 15.0. The molecule has 24 heavy (non-hydrogen) atoms. The summed E-state index contributed by atoms with van der Waals surface area (Å²) in [5.74, 6) is -0.703. The van der Waals surface area contributed by atoms with E-state index in [0.29, 0.717) is 13.1 Å². The van der Waals surface area contributed by atoms with Gasteiger partial charge in [-0.3, -0.25) is 10.0 Å². The Balaban J connectivity index is 2.51. The van der Waals surface area contributed by atoms with Gasteiger partial charge in [0.2, 0.25) is 0 Å². The summed E-state index contributed by atoms with van der Waals surface area (Å²) in [5.41, 5.74) is 1.56. The summed E-state index contributed by atoms with van der Waals surface area (Å²) >= 11 is 0. The Bertz CT molecular complexity index is 694. The van der Waals surface area contributed by atoms with Crippen molar-refractivity contribution in [2.24, 2.45) is 0 Å². The van der Waals surface area contributed by atoms with Crippen LogP contribution in [0.5, 0.6) is 5.75 Å². The first-order valence-corrected chi connectivity index (χ1v) is 9.34. The van der Waals surface area contributed by atoms with Gasteiger partial charge < -0.3 is 9.64 Å². The summed E-state index contributed by atoms with van der Waals surface area (Å²) in [4.78, 5) is 14.5. The van der Waals surface area contributed by atoms with E-state index in [1.54, 1.807) is 23.7 Å². The molecule has 1 fully saturated rings. The molecule has 1 aromatic rings. The molecule has 1 amide bonds. The van der Waals surface area contributed by atoms with Gasteiger partial charge in [0.05, 0.1) is 7.11 Å². The molecule has 2 rings (SSSR count). The number of hydroxylamine groups is 1. The molecule has 1 saturated heterocycles. The molecule has 1 heterocycles. The van der Waals surface area contributed by atoms with E-state index in [0.717, 1.165) is 0 Å². The lowest BCUT2D eigenvalue weighted by Crippen LogP contribution is -2.58. The van der Waals surface area contributed by atoms with Gasteiger partial charge in [-0.15, -0.1) is 0 Å². The first kappa shape index (κ1) is 18.7. The predicted octanol–water partition coefficient (Wildman–Crippen LogP) is 1.22. The van der Waals surface area contributed by atoms with E-state index >= 15 is 0 Å². The number of piperidine rings is 1. The summed E-state index contributed by atoms with van der Waals surface area (Å²) in [6.45, 7) is 4.96. The van der Waals surface area contributed by atoms with E-state index < -0.39 is 20.5 Å². The molecule has 1 aliphatic rings. The molecule has 0 spiro atoms. The van der Waals surface area contributed by atoms with Crippen molar-refractivity contribution in [1.29, 1.82) is 0 Å². The molecular formula is C16H24N2O5S. The fourth-order valence-electron chi connectivity index (χ4n) is 3.17. The molecule has 7 nitrogen and oxygen atoms in total. The number of benzene rings is 1. The molecule has 0 unspecified atom stereocenters. The van der Waals surface area contributed by atoms with Crippen molar-refractivity contribution in [2.75, 3.05) is 20.2 Å². The van der Waals surface area contributed by atoms with Crippen LogP contribution in [0.3, 0.4) is 0 Å². The summed E-state index contributed by atoms with van der Waals surface area (Å²) in [5, 5.41) is 9.16.